The van der Waals surface area contributed by atoms with Gasteiger partial charge in [-0.05, 0) is 141 Å². The molecule has 2 heterocycles. The number of carboxylic acid groups (broad SMARTS) is 1. The van der Waals surface area contributed by atoms with Gasteiger partial charge in [0.15, 0.2) is 17.9 Å². The van der Waals surface area contributed by atoms with Crippen LogP contribution in [0, 0.1) is 16.2 Å². The van der Waals surface area contributed by atoms with Crippen molar-refractivity contribution < 1.29 is 67.2 Å². The lowest BCUT2D eigenvalue weighted by atomic mass is 10.0. The average molecular weight is 1460 g/mol. The minimum Gasteiger partial charge on any atom is -0.496 e. The van der Waals surface area contributed by atoms with E-state index >= 15 is 0 Å². The largest absolute Gasteiger partial charge is 0.496 e. The van der Waals surface area contributed by atoms with E-state index < -0.39 is 83.4 Å². The maximum Gasteiger partial charge on any atom is 0.326 e. The van der Waals surface area contributed by atoms with Crippen LogP contribution in [0.25, 0.3) is 21.8 Å². The number of H-pyrrole nitrogens is 2. The molecule has 0 aliphatic rings. The number of nitrogens with one attached hydrogen (secondary N) is 16. The van der Waals surface area contributed by atoms with Gasteiger partial charge in [0.1, 0.15) is 47.2 Å². The number of carbonyl (C=O) groups excluding carboxylic acids is 8. The standard InChI is InChI=1S/C72H86N20O14/c1-103-57-23-19-40(85-65(97)50(73)30-38-36-83-51-14-7-5-12-44(38)51)32-46(57)61(93)89-53(16-9-27-80-70(74)75)66(98)86-41-20-24-58(104-2)47(33-41)62(94)90-54(17-10-28-81-71(76)77)67(99)87-42-21-25-59(105-3)48(34-42)63(95)91-55(18-11-29-82-72(78)79)68(100)88-43-22-26-60(106-4)49(35-43)64(96)92-56(69(101)102)31-39-37-84-52-15-8-6-13-45(39)52/h5-8,12-15,19-26,32-37,50,53-56,83-84H,9-11,16-18,27-31,73H2,1-4H3,(H,85,97)(H,86,98)(H,87,99)(H,88,100)(H,89,93)(H,90,94)(H,91,95)(H,92,96)(H,101,102)(H4,74,75,80)(H4,76,77,81)(H4,78,79,82)/t50-,53-,54-,55-,56-/m0/s1. The van der Waals surface area contributed by atoms with Crippen LogP contribution < -0.4 is 100 Å². The Morgan fingerprint density at radius 2 is 0.708 bits per heavy atom. The highest BCUT2D eigenvalue weighted by Crippen LogP contribution is 2.30. The van der Waals surface area contributed by atoms with Crippen molar-refractivity contribution in [3.05, 3.63) is 167 Å². The molecule has 0 radical (unpaired) electrons. The molecule has 106 heavy (non-hydrogen) atoms. The fourth-order valence-electron chi connectivity index (χ4n) is 11.5. The van der Waals surface area contributed by atoms with Gasteiger partial charge in [-0.3, -0.25) is 54.6 Å². The van der Waals surface area contributed by atoms with E-state index in [-0.39, 0.29) is 157 Å². The first kappa shape index (κ1) is 78.3. The Hall–Kier alpha value is -13.4. The van der Waals surface area contributed by atoms with E-state index in [0.717, 1.165) is 27.4 Å². The molecule has 0 saturated heterocycles. The summed E-state index contributed by atoms with van der Waals surface area (Å²) in [7, 11) is 5.23. The summed E-state index contributed by atoms with van der Waals surface area (Å²) in [4.78, 5) is 133. The number of hydrogen-bond acceptors (Lipinski definition) is 17. The van der Waals surface area contributed by atoms with Crippen molar-refractivity contribution in [3.8, 4) is 23.0 Å². The second kappa shape index (κ2) is 37.5. The van der Waals surface area contributed by atoms with Gasteiger partial charge in [-0.1, -0.05) is 36.4 Å². The highest BCUT2D eigenvalue weighted by molar-refractivity contribution is 6.08. The third-order valence-electron chi connectivity index (χ3n) is 16.8. The number of guanidine groups is 3. The molecule has 558 valence electrons. The second-order valence-corrected chi connectivity index (χ2v) is 24.2. The number of amides is 8. The number of ether oxygens (including phenoxy) is 4. The predicted octanol–water partition coefficient (Wildman–Crippen LogP) is 3.62. The summed E-state index contributed by atoms with van der Waals surface area (Å²) >= 11 is 0. The lowest BCUT2D eigenvalue weighted by molar-refractivity contribution is -0.139. The summed E-state index contributed by atoms with van der Waals surface area (Å²) in [6.45, 7) is 0.351. The van der Waals surface area contributed by atoms with Crippen molar-refractivity contribution >= 4 is 116 Å². The van der Waals surface area contributed by atoms with Crippen molar-refractivity contribution in [2.75, 3.05) is 69.3 Å². The van der Waals surface area contributed by atoms with Crippen LogP contribution in [-0.4, -0.2) is 164 Å². The normalized spacial score (nSPS) is 12.3. The average Bonchev–Trinajstić information content (AvgIpc) is 1.53. The fraction of sp³-hybridized carbons (Fsp3) is 0.278. The Labute approximate surface area is 607 Å². The van der Waals surface area contributed by atoms with Crippen LogP contribution in [-0.2, 0) is 36.8 Å². The smallest absolute Gasteiger partial charge is 0.326 e. The molecule has 8 aromatic rings. The molecule has 0 bridgehead atoms. The van der Waals surface area contributed by atoms with Gasteiger partial charge in [-0.15, -0.1) is 0 Å². The maximum atomic E-state index is 14.5. The van der Waals surface area contributed by atoms with Crippen molar-refractivity contribution in [1.29, 1.82) is 16.2 Å². The number of hydrogen-bond donors (Lipinski definition) is 21. The van der Waals surface area contributed by atoms with E-state index in [2.05, 4.69) is 68.5 Å². The van der Waals surface area contributed by atoms with Gasteiger partial charge >= 0.3 is 5.97 Å². The molecule has 2 aromatic heterocycles. The van der Waals surface area contributed by atoms with E-state index in [0.29, 0.717) is 5.56 Å². The van der Waals surface area contributed by atoms with Gasteiger partial charge in [-0.25, -0.2) is 4.79 Å². The van der Waals surface area contributed by atoms with Crippen LogP contribution in [0.3, 0.4) is 0 Å². The van der Waals surface area contributed by atoms with Crippen LogP contribution in [0.1, 0.15) is 91.1 Å². The monoisotopic (exact) mass is 1450 g/mol. The van der Waals surface area contributed by atoms with Crippen molar-refractivity contribution in [2.24, 2.45) is 22.9 Å². The molecule has 0 spiro atoms. The zero-order valence-corrected chi connectivity index (χ0v) is 58.4. The van der Waals surface area contributed by atoms with E-state index in [1.165, 1.54) is 101 Å². The molecule has 5 atom stereocenters. The molecule has 34 heteroatoms. The third-order valence-corrected chi connectivity index (χ3v) is 16.8. The quantitative estimate of drug-likeness (QED) is 0.0150. The number of rotatable bonds is 37. The fourth-order valence-corrected chi connectivity index (χ4v) is 11.5. The number of nitrogens with two attached hydrogens (primary N) is 4. The number of fused-ring (bicyclic) bond motifs is 2. The highest BCUT2D eigenvalue weighted by Gasteiger charge is 2.31. The zero-order chi connectivity index (χ0) is 76.6. The Morgan fingerprint density at radius 3 is 1.01 bits per heavy atom. The topological polar surface area (TPSA) is 550 Å². The number of aliphatic carboxylic acids is 1. The molecule has 25 N–H and O–H groups in total. The zero-order valence-electron chi connectivity index (χ0n) is 58.4. The van der Waals surface area contributed by atoms with Gasteiger partial charge in [0, 0.05) is 83.0 Å². The molecule has 0 saturated carbocycles. The molecule has 0 unspecified atom stereocenters. The molecule has 8 rings (SSSR count). The molecule has 0 aliphatic heterocycles. The van der Waals surface area contributed by atoms with E-state index in [1.807, 2.05) is 42.5 Å². The Morgan fingerprint density at radius 1 is 0.415 bits per heavy atom. The summed E-state index contributed by atoms with van der Waals surface area (Å²) in [5.74, 6) is -8.31. The molecule has 0 fully saturated rings. The Balaban J connectivity index is 0.969. The molecular formula is C72H86N20O14. The predicted molar refractivity (Wildman–Crippen MR) is 399 cm³/mol. The van der Waals surface area contributed by atoms with Crippen LogP contribution in [0.2, 0.25) is 0 Å². The molecule has 8 amide bonds. The number of carbonyl (C=O) groups is 9. The summed E-state index contributed by atoms with van der Waals surface area (Å²) < 4.78 is 22.1. The van der Waals surface area contributed by atoms with Gasteiger partial charge < -0.3 is 115 Å². The number of methoxy groups -OCH3 is 4. The van der Waals surface area contributed by atoms with Crippen molar-refractivity contribution in [3.63, 3.8) is 0 Å². The second-order valence-electron chi connectivity index (χ2n) is 24.2. The number of aromatic nitrogens is 2. The molecular weight excluding hydrogens is 1370 g/mol. The Kier molecular flexibility index (Phi) is 27.7. The lowest BCUT2D eigenvalue weighted by Gasteiger charge is -2.22. The Bertz CT molecular complexity index is 4580. The molecule has 6 aromatic carbocycles. The number of aromatic amines is 2. The first-order valence-corrected chi connectivity index (χ1v) is 33.4. The van der Waals surface area contributed by atoms with Gasteiger partial charge in [-0.2, -0.15) is 0 Å². The summed E-state index contributed by atoms with van der Waals surface area (Å²) in [5.41, 5.74) is 26.0. The minimum atomic E-state index is -1.38. The van der Waals surface area contributed by atoms with Crippen LogP contribution in [0.15, 0.2) is 134 Å². The first-order valence-electron chi connectivity index (χ1n) is 33.4. The van der Waals surface area contributed by atoms with E-state index in [4.69, 9.17) is 58.1 Å². The number of para-hydroxylation sites is 2. The van der Waals surface area contributed by atoms with Crippen LogP contribution in [0.4, 0.5) is 22.7 Å². The highest BCUT2D eigenvalue weighted by atomic mass is 16.5. The summed E-state index contributed by atoms with van der Waals surface area (Å²) in [5, 5.41) is 64.5. The molecule has 34 nitrogen and oxygen atoms in total. The molecule has 0 aliphatic carbocycles. The van der Waals surface area contributed by atoms with Crippen molar-refractivity contribution in [2.45, 2.75) is 81.6 Å². The SMILES string of the molecule is COc1ccc(NC(=O)[C@H](CCCNC(=N)N)NC(=O)c2cc(NC(=O)[C@H](CCCNC(=N)N)NC(=O)c3cc(NC(=O)[C@H](CCCNC(=N)N)NC(=O)c4cc(NC(=O)[C@@H](N)Cc5c[nH]c6ccccc56)ccc4OC)ccc3OC)ccc2OC)cc1C(=O)N[C@@H](Cc1c[nH]c2ccccc12)C(=O)O. The van der Waals surface area contributed by atoms with E-state index in [1.54, 1.807) is 18.5 Å². The summed E-state index contributed by atoms with van der Waals surface area (Å²) in [6.07, 6.45) is 4.01. The van der Waals surface area contributed by atoms with Gasteiger partial charge in [0.05, 0.1) is 56.7 Å². The van der Waals surface area contributed by atoms with Crippen LogP contribution in [0.5, 0.6) is 23.0 Å². The number of anilines is 4. The summed E-state index contributed by atoms with van der Waals surface area (Å²) in [6, 6.07) is 25.2. The number of carboxylic acids is 1. The number of benzene rings is 6. The van der Waals surface area contributed by atoms with Gasteiger partial charge in [0.2, 0.25) is 23.6 Å². The van der Waals surface area contributed by atoms with Gasteiger partial charge in [0.25, 0.3) is 23.6 Å². The van der Waals surface area contributed by atoms with Crippen LogP contribution >= 0.6 is 0 Å². The maximum absolute atomic E-state index is 14.5. The lowest BCUT2D eigenvalue weighted by Crippen LogP contribution is -2.45. The third kappa shape index (κ3) is 21.6. The first-order chi connectivity index (χ1) is 50.9. The minimum absolute atomic E-state index is 0.00777. The van der Waals surface area contributed by atoms with E-state index in [9.17, 15) is 48.3 Å². The van der Waals surface area contributed by atoms with Crippen molar-refractivity contribution in [1.82, 2.24) is 47.2 Å².